The van der Waals surface area contributed by atoms with E-state index in [1.165, 1.54) is 12.8 Å². The van der Waals surface area contributed by atoms with Crippen LogP contribution in [0.4, 0.5) is 0 Å². The van der Waals surface area contributed by atoms with Crippen molar-refractivity contribution in [2.45, 2.75) is 37.8 Å². The van der Waals surface area contributed by atoms with Crippen LogP contribution in [0, 0.1) is 11.3 Å². The maximum absolute atomic E-state index is 9.35. The minimum atomic E-state index is -0.352. The summed E-state index contributed by atoms with van der Waals surface area (Å²) >= 11 is 6.15. The van der Waals surface area contributed by atoms with Crippen LogP contribution in [-0.2, 0) is 0 Å². The molecular formula is C14H15ClN2O2. The van der Waals surface area contributed by atoms with Crippen LogP contribution in [0.25, 0.3) is 0 Å². The lowest BCUT2D eigenvalue weighted by Crippen LogP contribution is -2.29. The summed E-state index contributed by atoms with van der Waals surface area (Å²) in [4.78, 5) is 0. The SMILES string of the molecule is N#CC(NC1CCCC1)c1cc(Cl)c2c(c1)OCO2. The summed E-state index contributed by atoms with van der Waals surface area (Å²) in [6.07, 6.45) is 4.74. The number of nitriles is 1. The van der Waals surface area contributed by atoms with E-state index in [4.69, 9.17) is 21.1 Å². The monoisotopic (exact) mass is 278 g/mol. The third-order valence-electron chi connectivity index (χ3n) is 3.67. The van der Waals surface area contributed by atoms with E-state index in [1.807, 2.05) is 6.07 Å². The number of hydrogen-bond donors (Lipinski definition) is 1. The maximum atomic E-state index is 9.35. The zero-order valence-electron chi connectivity index (χ0n) is 10.5. The molecule has 19 heavy (non-hydrogen) atoms. The summed E-state index contributed by atoms with van der Waals surface area (Å²) in [5.74, 6) is 1.19. The van der Waals surface area contributed by atoms with Crippen LogP contribution in [0.1, 0.15) is 37.3 Å². The lowest BCUT2D eigenvalue weighted by atomic mass is 10.1. The molecule has 4 nitrogen and oxygen atoms in total. The first kappa shape index (κ1) is 12.6. The van der Waals surface area contributed by atoms with E-state index in [1.54, 1.807) is 6.07 Å². The van der Waals surface area contributed by atoms with Gasteiger partial charge < -0.3 is 9.47 Å². The van der Waals surface area contributed by atoms with Gasteiger partial charge in [0.15, 0.2) is 11.5 Å². The number of fused-ring (bicyclic) bond motifs is 1. The van der Waals surface area contributed by atoms with E-state index >= 15 is 0 Å². The molecule has 5 heteroatoms. The minimum Gasteiger partial charge on any atom is -0.454 e. The number of ether oxygens (including phenoxy) is 2. The van der Waals surface area contributed by atoms with Gasteiger partial charge in [-0.3, -0.25) is 5.32 Å². The Morgan fingerprint density at radius 2 is 2.11 bits per heavy atom. The highest BCUT2D eigenvalue weighted by molar-refractivity contribution is 6.32. The van der Waals surface area contributed by atoms with Crippen molar-refractivity contribution in [3.05, 3.63) is 22.7 Å². The van der Waals surface area contributed by atoms with Crippen LogP contribution in [-0.4, -0.2) is 12.8 Å². The van der Waals surface area contributed by atoms with Crippen molar-refractivity contribution in [1.29, 1.82) is 5.26 Å². The highest BCUT2D eigenvalue weighted by atomic mass is 35.5. The molecule has 0 aromatic heterocycles. The topological polar surface area (TPSA) is 54.3 Å². The second-order valence-corrected chi connectivity index (χ2v) is 5.35. The zero-order valence-corrected chi connectivity index (χ0v) is 11.2. The van der Waals surface area contributed by atoms with Crippen LogP contribution in [0.15, 0.2) is 12.1 Å². The first-order valence-electron chi connectivity index (χ1n) is 6.52. The van der Waals surface area contributed by atoms with Gasteiger partial charge in [0.25, 0.3) is 0 Å². The van der Waals surface area contributed by atoms with E-state index in [0.29, 0.717) is 22.6 Å². The van der Waals surface area contributed by atoms with Gasteiger partial charge in [-0.25, -0.2) is 0 Å². The Hall–Kier alpha value is -1.44. The summed E-state index contributed by atoms with van der Waals surface area (Å²) < 4.78 is 10.6. The van der Waals surface area contributed by atoms with Crippen molar-refractivity contribution in [3.8, 4) is 17.6 Å². The van der Waals surface area contributed by atoms with Crippen LogP contribution < -0.4 is 14.8 Å². The maximum Gasteiger partial charge on any atom is 0.231 e. The third-order valence-corrected chi connectivity index (χ3v) is 3.95. The number of hydrogen-bond acceptors (Lipinski definition) is 4. The molecule has 1 aliphatic carbocycles. The molecule has 100 valence electrons. The Kier molecular flexibility index (Phi) is 3.50. The number of halogens is 1. The van der Waals surface area contributed by atoms with Crippen molar-refractivity contribution >= 4 is 11.6 Å². The first-order valence-corrected chi connectivity index (χ1v) is 6.90. The van der Waals surface area contributed by atoms with Gasteiger partial charge in [-0.2, -0.15) is 5.26 Å². The summed E-state index contributed by atoms with van der Waals surface area (Å²) in [5, 5.41) is 13.2. The summed E-state index contributed by atoms with van der Waals surface area (Å²) in [6, 6.07) is 5.99. The Labute approximate surface area is 117 Å². The van der Waals surface area contributed by atoms with Gasteiger partial charge in [0.2, 0.25) is 6.79 Å². The van der Waals surface area contributed by atoms with Crippen molar-refractivity contribution in [2.24, 2.45) is 0 Å². The Morgan fingerprint density at radius 3 is 2.84 bits per heavy atom. The minimum absolute atomic E-state index is 0.186. The molecule has 0 amide bonds. The average molecular weight is 279 g/mol. The third kappa shape index (κ3) is 2.49. The second kappa shape index (κ2) is 5.28. The van der Waals surface area contributed by atoms with E-state index in [2.05, 4.69) is 11.4 Å². The predicted molar refractivity (Wildman–Crippen MR) is 71.3 cm³/mol. The van der Waals surface area contributed by atoms with Crippen LogP contribution in [0.5, 0.6) is 11.5 Å². The van der Waals surface area contributed by atoms with Crippen molar-refractivity contribution in [3.63, 3.8) is 0 Å². The number of nitrogens with one attached hydrogen (secondary N) is 1. The number of nitrogens with zero attached hydrogens (tertiary/aromatic N) is 1. The van der Waals surface area contributed by atoms with E-state index < -0.39 is 0 Å². The standard InChI is InChI=1S/C14H15ClN2O2/c15-11-5-9(6-13-14(11)19-8-18-13)12(7-16)17-10-3-1-2-4-10/h5-6,10,12,17H,1-4,8H2. The number of benzene rings is 1. The van der Waals surface area contributed by atoms with Crippen LogP contribution in [0.3, 0.4) is 0 Å². The molecular weight excluding hydrogens is 264 g/mol. The molecule has 1 heterocycles. The Bertz CT molecular complexity index is 521. The van der Waals surface area contributed by atoms with Gasteiger partial charge in [-0.1, -0.05) is 24.4 Å². The fourth-order valence-corrected chi connectivity index (χ4v) is 2.96. The van der Waals surface area contributed by atoms with Gasteiger partial charge >= 0.3 is 0 Å². The van der Waals surface area contributed by atoms with Crippen LogP contribution >= 0.6 is 11.6 Å². The largest absolute Gasteiger partial charge is 0.454 e. The average Bonchev–Trinajstić information content (AvgIpc) is 3.06. The molecule has 1 N–H and O–H groups in total. The first-order chi connectivity index (χ1) is 9.28. The molecule has 1 aromatic rings. The van der Waals surface area contributed by atoms with Crippen molar-refractivity contribution in [1.82, 2.24) is 5.32 Å². The smallest absolute Gasteiger partial charge is 0.231 e. The molecule has 1 atom stereocenters. The van der Waals surface area contributed by atoms with Gasteiger partial charge in [0.1, 0.15) is 6.04 Å². The molecule has 0 spiro atoms. The Balaban J connectivity index is 1.83. The van der Waals surface area contributed by atoms with E-state index in [9.17, 15) is 5.26 Å². The highest BCUT2D eigenvalue weighted by Crippen LogP contribution is 2.41. The zero-order chi connectivity index (χ0) is 13.2. The predicted octanol–water partition coefficient (Wildman–Crippen LogP) is 3.17. The summed E-state index contributed by atoms with van der Waals surface area (Å²) in [6.45, 7) is 0.186. The molecule has 0 radical (unpaired) electrons. The molecule has 1 unspecified atom stereocenters. The Morgan fingerprint density at radius 1 is 1.32 bits per heavy atom. The van der Waals surface area contributed by atoms with Crippen molar-refractivity contribution < 1.29 is 9.47 Å². The number of rotatable bonds is 3. The molecule has 3 rings (SSSR count). The summed E-state index contributed by atoms with van der Waals surface area (Å²) in [5.41, 5.74) is 0.837. The van der Waals surface area contributed by atoms with Crippen molar-refractivity contribution in [2.75, 3.05) is 6.79 Å². The molecule has 1 fully saturated rings. The lowest BCUT2D eigenvalue weighted by Gasteiger charge is -2.18. The van der Waals surface area contributed by atoms with Gasteiger partial charge in [-0.15, -0.1) is 0 Å². The lowest BCUT2D eigenvalue weighted by molar-refractivity contribution is 0.174. The fraction of sp³-hybridized carbons (Fsp3) is 0.500. The van der Waals surface area contributed by atoms with E-state index in [-0.39, 0.29) is 12.8 Å². The molecule has 1 saturated carbocycles. The quantitative estimate of drug-likeness (QED) is 0.923. The van der Waals surface area contributed by atoms with Gasteiger partial charge in [0, 0.05) is 6.04 Å². The van der Waals surface area contributed by atoms with Gasteiger partial charge in [-0.05, 0) is 30.5 Å². The molecule has 1 aromatic carbocycles. The van der Waals surface area contributed by atoms with Gasteiger partial charge in [0.05, 0.1) is 11.1 Å². The highest BCUT2D eigenvalue weighted by Gasteiger charge is 2.24. The fourth-order valence-electron chi connectivity index (χ4n) is 2.69. The molecule has 2 aliphatic rings. The molecule has 0 saturated heterocycles. The second-order valence-electron chi connectivity index (χ2n) is 4.95. The molecule has 0 bridgehead atoms. The summed E-state index contributed by atoms with van der Waals surface area (Å²) in [7, 11) is 0. The molecule has 1 aliphatic heterocycles. The van der Waals surface area contributed by atoms with E-state index in [0.717, 1.165) is 18.4 Å². The normalized spacial score (nSPS) is 19.4. The van der Waals surface area contributed by atoms with Crippen LogP contribution in [0.2, 0.25) is 5.02 Å².